The molecule has 1 N–H and O–H groups in total. The van der Waals surface area contributed by atoms with Crippen molar-refractivity contribution in [1.29, 1.82) is 0 Å². The molecule has 1 heterocycles. The lowest BCUT2D eigenvalue weighted by Crippen LogP contribution is -2.30. The third-order valence-corrected chi connectivity index (χ3v) is 4.07. The highest BCUT2D eigenvalue weighted by Gasteiger charge is 2.17. The maximum Gasteiger partial charge on any atom is 0.0399 e. The van der Waals surface area contributed by atoms with Crippen molar-refractivity contribution >= 4 is 5.69 Å². The van der Waals surface area contributed by atoms with Crippen LogP contribution in [0.2, 0.25) is 0 Å². The van der Waals surface area contributed by atoms with Crippen LogP contribution in [0.4, 0.5) is 5.69 Å². The van der Waals surface area contributed by atoms with Crippen molar-refractivity contribution in [3.05, 3.63) is 29.8 Å². The number of nitrogens with one attached hydrogen (secondary N) is 1. The van der Waals surface area contributed by atoms with Crippen LogP contribution < -0.4 is 10.2 Å². The quantitative estimate of drug-likeness (QED) is 0.718. The highest BCUT2D eigenvalue weighted by atomic mass is 15.1. The number of hydrogen-bond donors (Lipinski definition) is 1. The van der Waals surface area contributed by atoms with Crippen LogP contribution >= 0.6 is 0 Å². The monoisotopic (exact) mass is 260 g/mol. The molecule has 1 aliphatic rings. The van der Waals surface area contributed by atoms with Crippen LogP contribution in [0.25, 0.3) is 0 Å². The van der Waals surface area contributed by atoms with E-state index in [9.17, 15) is 0 Å². The van der Waals surface area contributed by atoms with Crippen molar-refractivity contribution in [2.75, 3.05) is 24.5 Å². The number of benzene rings is 1. The van der Waals surface area contributed by atoms with Gasteiger partial charge in [-0.05, 0) is 44.4 Å². The van der Waals surface area contributed by atoms with E-state index < -0.39 is 0 Å². The van der Waals surface area contributed by atoms with Gasteiger partial charge >= 0.3 is 0 Å². The van der Waals surface area contributed by atoms with Crippen LogP contribution in [0, 0.1) is 0 Å². The third-order valence-electron chi connectivity index (χ3n) is 4.07. The van der Waals surface area contributed by atoms with Gasteiger partial charge in [0.05, 0.1) is 0 Å². The highest BCUT2D eigenvalue weighted by Crippen LogP contribution is 2.27. The second kappa shape index (κ2) is 7.54. The molecule has 106 valence electrons. The van der Waals surface area contributed by atoms with E-state index in [4.69, 9.17) is 0 Å². The van der Waals surface area contributed by atoms with Crippen molar-refractivity contribution in [2.45, 2.75) is 52.0 Å². The molecule has 0 aromatic heterocycles. The molecule has 1 aromatic carbocycles. The van der Waals surface area contributed by atoms with Gasteiger partial charge in [-0.1, -0.05) is 38.0 Å². The Morgan fingerprint density at radius 3 is 2.95 bits per heavy atom. The van der Waals surface area contributed by atoms with Gasteiger partial charge in [-0.15, -0.1) is 0 Å². The highest BCUT2D eigenvalue weighted by molar-refractivity contribution is 5.57. The molecule has 0 bridgehead atoms. The molecule has 2 rings (SSSR count). The van der Waals surface area contributed by atoms with E-state index in [0.717, 1.165) is 6.54 Å². The van der Waals surface area contributed by atoms with Crippen molar-refractivity contribution in [1.82, 2.24) is 5.32 Å². The van der Waals surface area contributed by atoms with Crippen molar-refractivity contribution < 1.29 is 0 Å². The lowest BCUT2D eigenvalue weighted by atomic mass is 10.1. The summed E-state index contributed by atoms with van der Waals surface area (Å²) in [7, 11) is 0. The van der Waals surface area contributed by atoms with Crippen LogP contribution in [0.1, 0.15) is 45.1 Å². The normalized spacial score (nSPS) is 15.6. The lowest BCUT2D eigenvalue weighted by molar-refractivity contribution is 0.489. The second-order valence-electron chi connectivity index (χ2n) is 5.72. The van der Waals surface area contributed by atoms with Crippen LogP contribution in [0.3, 0.4) is 0 Å². The van der Waals surface area contributed by atoms with Crippen molar-refractivity contribution in [3.63, 3.8) is 0 Å². The third kappa shape index (κ3) is 4.24. The van der Waals surface area contributed by atoms with Crippen molar-refractivity contribution in [2.24, 2.45) is 0 Å². The summed E-state index contributed by atoms with van der Waals surface area (Å²) >= 11 is 0. The molecule has 2 heteroatoms. The molecule has 2 nitrogen and oxygen atoms in total. The van der Waals surface area contributed by atoms with Gasteiger partial charge in [0, 0.05) is 24.8 Å². The van der Waals surface area contributed by atoms with Gasteiger partial charge < -0.3 is 10.2 Å². The average molecular weight is 260 g/mol. The molecule has 1 aromatic rings. The first kappa shape index (κ1) is 14.4. The number of para-hydroxylation sites is 1. The number of nitrogens with zero attached hydrogens (tertiary/aromatic N) is 1. The molecule has 0 saturated carbocycles. The van der Waals surface area contributed by atoms with Crippen LogP contribution in [0.5, 0.6) is 0 Å². The zero-order chi connectivity index (χ0) is 13.5. The number of rotatable bonds is 8. The van der Waals surface area contributed by atoms with E-state index >= 15 is 0 Å². The first-order valence-electron chi connectivity index (χ1n) is 7.87. The van der Waals surface area contributed by atoms with Crippen LogP contribution in [0.15, 0.2) is 24.3 Å². The van der Waals surface area contributed by atoms with Gasteiger partial charge in [0.1, 0.15) is 0 Å². The minimum Gasteiger partial charge on any atom is -0.371 e. The first-order valence-corrected chi connectivity index (χ1v) is 7.87. The zero-order valence-corrected chi connectivity index (χ0v) is 12.5. The molecule has 0 aliphatic carbocycles. The molecule has 0 saturated heterocycles. The predicted molar refractivity (Wildman–Crippen MR) is 84.0 cm³/mol. The predicted octanol–water partition coefficient (Wildman–Crippen LogP) is 3.61. The van der Waals surface area contributed by atoms with E-state index in [1.54, 1.807) is 0 Å². The summed E-state index contributed by atoms with van der Waals surface area (Å²) in [5, 5.41) is 3.64. The fourth-order valence-electron chi connectivity index (χ4n) is 2.87. The Labute approximate surface area is 118 Å². The molecule has 1 unspecified atom stereocenters. The zero-order valence-electron chi connectivity index (χ0n) is 12.5. The summed E-state index contributed by atoms with van der Waals surface area (Å²) in [6, 6.07) is 9.51. The Morgan fingerprint density at radius 2 is 2.11 bits per heavy atom. The summed E-state index contributed by atoms with van der Waals surface area (Å²) in [6.07, 6.45) is 6.41. The fraction of sp³-hybridized carbons (Fsp3) is 0.647. The largest absolute Gasteiger partial charge is 0.371 e. The van der Waals surface area contributed by atoms with Gasteiger partial charge in [-0.3, -0.25) is 0 Å². The topological polar surface area (TPSA) is 15.3 Å². The first-order chi connectivity index (χ1) is 9.31. The minimum absolute atomic E-state index is 0.672. The Balaban J connectivity index is 1.65. The standard InChI is InChI=1S/C17H28N2/c1-3-4-8-15(2)18-12-7-13-19-14-11-16-9-5-6-10-17(16)19/h5-6,9-10,15,18H,3-4,7-8,11-14H2,1-2H3. The summed E-state index contributed by atoms with van der Waals surface area (Å²) in [6.45, 7) is 8.09. The Hall–Kier alpha value is -1.02. The molecule has 19 heavy (non-hydrogen) atoms. The van der Waals surface area contributed by atoms with Gasteiger partial charge in [0.15, 0.2) is 0 Å². The van der Waals surface area contributed by atoms with Gasteiger partial charge in [-0.25, -0.2) is 0 Å². The Morgan fingerprint density at radius 1 is 1.26 bits per heavy atom. The van der Waals surface area contributed by atoms with Gasteiger partial charge in [0.25, 0.3) is 0 Å². The SMILES string of the molecule is CCCCC(C)NCCCN1CCc2ccccc21. The van der Waals surface area contributed by atoms with E-state index in [0.29, 0.717) is 6.04 Å². The van der Waals surface area contributed by atoms with Crippen LogP contribution in [-0.4, -0.2) is 25.7 Å². The maximum absolute atomic E-state index is 3.64. The molecular weight excluding hydrogens is 232 g/mol. The summed E-state index contributed by atoms with van der Waals surface area (Å²) in [5.74, 6) is 0. The molecule has 0 radical (unpaired) electrons. The summed E-state index contributed by atoms with van der Waals surface area (Å²) in [4.78, 5) is 2.54. The number of anilines is 1. The van der Waals surface area contributed by atoms with Crippen molar-refractivity contribution in [3.8, 4) is 0 Å². The van der Waals surface area contributed by atoms with Gasteiger partial charge in [-0.2, -0.15) is 0 Å². The van der Waals surface area contributed by atoms with E-state index in [1.165, 1.54) is 56.4 Å². The Bertz CT molecular complexity index is 375. The van der Waals surface area contributed by atoms with E-state index in [2.05, 4.69) is 48.3 Å². The molecule has 1 atom stereocenters. The number of hydrogen-bond acceptors (Lipinski definition) is 2. The fourth-order valence-corrected chi connectivity index (χ4v) is 2.87. The minimum atomic E-state index is 0.672. The van der Waals surface area contributed by atoms with E-state index in [-0.39, 0.29) is 0 Å². The molecular formula is C17H28N2. The molecule has 1 aliphatic heterocycles. The number of unbranched alkanes of at least 4 members (excludes halogenated alkanes) is 1. The smallest absolute Gasteiger partial charge is 0.0399 e. The Kier molecular flexibility index (Phi) is 5.71. The summed E-state index contributed by atoms with van der Waals surface area (Å²) in [5.41, 5.74) is 2.98. The molecule has 0 fully saturated rings. The summed E-state index contributed by atoms with van der Waals surface area (Å²) < 4.78 is 0. The second-order valence-corrected chi connectivity index (χ2v) is 5.72. The van der Waals surface area contributed by atoms with E-state index in [1.807, 2.05) is 0 Å². The molecule has 0 spiro atoms. The van der Waals surface area contributed by atoms with Gasteiger partial charge in [0.2, 0.25) is 0 Å². The average Bonchev–Trinajstić information content (AvgIpc) is 2.85. The lowest BCUT2D eigenvalue weighted by Gasteiger charge is -2.20. The maximum atomic E-state index is 3.64. The molecule has 0 amide bonds. The number of fused-ring (bicyclic) bond motifs is 1. The van der Waals surface area contributed by atoms with Crippen LogP contribution in [-0.2, 0) is 6.42 Å².